The van der Waals surface area contributed by atoms with Crippen LogP contribution in [0.5, 0.6) is 0 Å². The second-order valence-corrected chi connectivity index (χ2v) is 3.06. The SMILES string of the molecule is N#Cc1csnc1-c1cccnc1. The zero-order valence-corrected chi connectivity index (χ0v) is 7.45. The van der Waals surface area contributed by atoms with Crippen molar-refractivity contribution >= 4 is 11.5 Å². The van der Waals surface area contributed by atoms with Crippen molar-refractivity contribution in [2.24, 2.45) is 0 Å². The Morgan fingerprint density at radius 3 is 3.08 bits per heavy atom. The molecule has 0 aliphatic carbocycles. The lowest BCUT2D eigenvalue weighted by Gasteiger charge is -1.93. The highest BCUT2D eigenvalue weighted by atomic mass is 32.1. The molecule has 0 radical (unpaired) electrons. The number of nitriles is 1. The maximum Gasteiger partial charge on any atom is 0.103 e. The number of aromatic nitrogens is 2. The Labute approximate surface area is 79.5 Å². The monoisotopic (exact) mass is 187 g/mol. The molecule has 0 bridgehead atoms. The van der Waals surface area contributed by atoms with Crippen LogP contribution in [0.4, 0.5) is 0 Å². The van der Waals surface area contributed by atoms with Gasteiger partial charge in [-0.2, -0.15) is 9.64 Å². The second-order valence-electron chi connectivity index (χ2n) is 2.43. The van der Waals surface area contributed by atoms with Crippen LogP contribution in [0.15, 0.2) is 29.9 Å². The number of rotatable bonds is 1. The fourth-order valence-electron chi connectivity index (χ4n) is 1.03. The molecule has 0 saturated heterocycles. The summed E-state index contributed by atoms with van der Waals surface area (Å²) in [4.78, 5) is 3.97. The van der Waals surface area contributed by atoms with Crippen molar-refractivity contribution in [1.29, 1.82) is 5.26 Å². The highest BCUT2D eigenvalue weighted by Gasteiger charge is 2.06. The highest BCUT2D eigenvalue weighted by Crippen LogP contribution is 2.21. The molecule has 0 aliphatic rings. The molecule has 62 valence electrons. The predicted octanol–water partition coefficient (Wildman–Crippen LogP) is 2.08. The first-order valence-corrected chi connectivity index (χ1v) is 4.50. The van der Waals surface area contributed by atoms with Gasteiger partial charge in [-0.25, -0.2) is 0 Å². The van der Waals surface area contributed by atoms with Crippen LogP contribution in [-0.4, -0.2) is 9.36 Å². The van der Waals surface area contributed by atoms with E-state index in [0.717, 1.165) is 11.3 Å². The molecule has 0 unspecified atom stereocenters. The lowest BCUT2D eigenvalue weighted by molar-refractivity contribution is 1.32. The molecule has 0 atom stereocenters. The third-order valence-corrected chi connectivity index (χ3v) is 2.25. The molecule has 0 N–H and O–H groups in total. The molecule has 3 nitrogen and oxygen atoms in total. The molecule has 4 heteroatoms. The van der Waals surface area contributed by atoms with Gasteiger partial charge in [0.2, 0.25) is 0 Å². The van der Waals surface area contributed by atoms with Crippen LogP contribution in [0, 0.1) is 11.3 Å². The minimum atomic E-state index is 0.609. The Kier molecular flexibility index (Phi) is 2.02. The molecule has 0 spiro atoms. The molecule has 0 aliphatic heterocycles. The highest BCUT2D eigenvalue weighted by molar-refractivity contribution is 7.04. The molecule has 0 fully saturated rings. The molecule has 0 saturated carbocycles. The summed E-state index contributed by atoms with van der Waals surface area (Å²) in [6, 6.07) is 5.82. The van der Waals surface area contributed by atoms with Gasteiger partial charge in [0.25, 0.3) is 0 Å². The Balaban J connectivity index is 2.54. The van der Waals surface area contributed by atoms with E-state index < -0.39 is 0 Å². The van der Waals surface area contributed by atoms with Gasteiger partial charge in [0, 0.05) is 23.3 Å². The van der Waals surface area contributed by atoms with Crippen LogP contribution < -0.4 is 0 Å². The Hall–Kier alpha value is -1.73. The summed E-state index contributed by atoms with van der Waals surface area (Å²) in [7, 11) is 0. The van der Waals surface area contributed by atoms with Gasteiger partial charge in [-0.1, -0.05) is 0 Å². The summed E-state index contributed by atoms with van der Waals surface area (Å²) in [5.74, 6) is 0. The molecule has 2 aromatic heterocycles. The summed E-state index contributed by atoms with van der Waals surface area (Å²) in [5.41, 5.74) is 2.22. The molecule has 2 rings (SSSR count). The molecule has 0 aromatic carbocycles. The summed E-state index contributed by atoms with van der Waals surface area (Å²) in [6.45, 7) is 0. The normalized spacial score (nSPS) is 9.46. The Morgan fingerprint density at radius 1 is 1.46 bits per heavy atom. The zero-order chi connectivity index (χ0) is 9.10. The number of nitrogens with zero attached hydrogens (tertiary/aromatic N) is 3. The Morgan fingerprint density at radius 2 is 2.38 bits per heavy atom. The quantitative estimate of drug-likeness (QED) is 0.686. The zero-order valence-electron chi connectivity index (χ0n) is 6.64. The van der Waals surface area contributed by atoms with E-state index in [1.807, 2.05) is 12.1 Å². The van der Waals surface area contributed by atoms with Crippen molar-refractivity contribution < 1.29 is 0 Å². The van der Waals surface area contributed by atoms with E-state index in [9.17, 15) is 0 Å². The van der Waals surface area contributed by atoms with E-state index in [1.165, 1.54) is 11.5 Å². The van der Waals surface area contributed by atoms with Gasteiger partial charge < -0.3 is 0 Å². The van der Waals surface area contributed by atoms with Gasteiger partial charge in [-0.15, -0.1) is 0 Å². The topological polar surface area (TPSA) is 49.6 Å². The molecule has 2 heterocycles. The summed E-state index contributed by atoms with van der Waals surface area (Å²) < 4.78 is 4.14. The van der Waals surface area contributed by atoms with Crippen LogP contribution in [0.25, 0.3) is 11.3 Å². The first kappa shape index (κ1) is 7.90. The van der Waals surface area contributed by atoms with Gasteiger partial charge in [0.1, 0.15) is 11.8 Å². The summed E-state index contributed by atoms with van der Waals surface area (Å²) in [6.07, 6.45) is 3.40. The van der Waals surface area contributed by atoms with Crippen LogP contribution >= 0.6 is 11.5 Å². The van der Waals surface area contributed by atoms with Gasteiger partial charge in [0.05, 0.1) is 5.56 Å². The van der Waals surface area contributed by atoms with Crippen molar-refractivity contribution in [2.75, 3.05) is 0 Å². The summed E-state index contributed by atoms with van der Waals surface area (Å²) in [5, 5.41) is 10.5. The number of hydrogen-bond donors (Lipinski definition) is 0. The molecule has 13 heavy (non-hydrogen) atoms. The third-order valence-electron chi connectivity index (χ3n) is 1.63. The van der Waals surface area contributed by atoms with E-state index in [1.54, 1.807) is 17.8 Å². The fourth-order valence-corrected chi connectivity index (χ4v) is 1.66. The third kappa shape index (κ3) is 1.42. The minimum absolute atomic E-state index is 0.609. The number of pyridine rings is 1. The average Bonchev–Trinajstić information content (AvgIpc) is 2.67. The van der Waals surface area contributed by atoms with E-state index in [0.29, 0.717) is 5.56 Å². The molecular weight excluding hydrogens is 182 g/mol. The maximum atomic E-state index is 8.76. The number of hydrogen-bond acceptors (Lipinski definition) is 4. The lowest BCUT2D eigenvalue weighted by atomic mass is 10.1. The lowest BCUT2D eigenvalue weighted by Crippen LogP contribution is -1.81. The standard InChI is InChI=1S/C9H5N3S/c10-4-8-6-13-12-9(8)7-2-1-3-11-5-7/h1-3,5-6H. The molecule has 2 aromatic rings. The average molecular weight is 187 g/mol. The first-order chi connectivity index (χ1) is 6.42. The van der Waals surface area contributed by atoms with Crippen LogP contribution in [-0.2, 0) is 0 Å². The van der Waals surface area contributed by atoms with Gasteiger partial charge in [0.15, 0.2) is 0 Å². The van der Waals surface area contributed by atoms with E-state index >= 15 is 0 Å². The van der Waals surface area contributed by atoms with Gasteiger partial charge >= 0.3 is 0 Å². The fraction of sp³-hybridized carbons (Fsp3) is 0. The van der Waals surface area contributed by atoms with Gasteiger partial charge in [-0.05, 0) is 23.7 Å². The maximum absolute atomic E-state index is 8.76. The summed E-state index contributed by atoms with van der Waals surface area (Å²) >= 11 is 1.29. The van der Waals surface area contributed by atoms with Crippen molar-refractivity contribution in [1.82, 2.24) is 9.36 Å². The van der Waals surface area contributed by atoms with E-state index in [2.05, 4.69) is 15.4 Å². The predicted molar refractivity (Wildman–Crippen MR) is 50.1 cm³/mol. The Bertz CT molecular complexity index is 441. The largest absolute Gasteiger partial charge is 0.264 e. The van der Waals surface area contributed by atoms with Crippen molar-refractivity contribution in [2.45, 2.75) is 0 Å². The second kappa shape index (κ2) is 3.33. The first-order valence-electron chi connectivity index (χ1n) is 3.66. The van der Waals surface area contributed by atoms with Crippen molar-refractivity contribution in [3.63, 3.8) is 0 Å². The smallest absolute Gasteiger partial charge is 0.103 e. The van der Waals surface area contributed by atoms with Gasteiger partial charge in [-0.3, -0.25) is 4.98 Å². The van der Waals surface area contributed by atoms with E-state index in [-0.39, 0.29) is 0 Å². The van der Waals surface area contributed by atoms with Crippen LogP contribution in [0.2, 0.25) is 0 Å². The van der Waals surface area contributed by atoms with Crippen molar-refractivity contribution in [3.8, 4) is 17.3 Å². The minimum Gasteiger partial charge on any atom is -0.264 e. The van der Waals surface area contributed by atoms with Crippen LogP contribution in [0.3, 0.4) is 0 Å². The van der Waals surface area contributed by atoms with Crippen molar-refractivity contribution in [3.05, 3.63) is 35.5 Å². The van der Waals surface area contributed by atoms with Crippen LogP contribution in [0.1, 0.15) is 5.56 Å². The van der Waals surface area contributed by atoms with E-state index in [4.69, 9.17) is 5.26 Å². The molecular formula is C9H5N3S. The molecule has 0 amide bonds.